The maximum atomic E-state index is 13.3. The molecular formula is C14H19ClF2N2O2. The number of carbonyl (C=O) groups is 1. The van der Waals surface area contributed by atoms with Crippen LogP contribution in [0.2, 0.25) is 0 Å². The second-order valence-corrected chi connectivity index (χ2v) is 5.44. The van der Waals surface area contributed by atoms with E-state index in [1.165, 1.54) is 6.07 Å². The normalized spacial score (nSPS) is 21.0. The van der Waals surface area contributed by atoms with Crippen LogP contribution in [0.1, 0.15) is 13.3 Å². The van der Waals surface area contributed by atoms with E-state index in [0.717, 1.165) is 18.6 Å². The van der Waals surface area contributed by atoms with Gasteiger partial charge < -0.3 is 15.4 Å². The Balaban J connectivity index is 0.00000220. The van der Waals surface area contributed by atoms with Crippen molar-refractivity contribution < 1.29 is 18.3 Å². The van der Waals surface area contributed by atoms with Crippen LogP contribution in [0.25, 0.3) is 0 Å². The number of ether oxygens (including phenoxy) is 1. The first-order chi connectivity index (χ1) is 9.43. The lowest BCUT2D eigenvalue weighted by Gasteiger charge is -2.22. The van der Waals surface area contributed by atoms with E-state index in [4.69, 9.17) is 10.5 Å². The molecule has 2 N–H and O–H groups in total. The van der Waals surface area contributed by atoms with Crippen molar-refractivity contribution in [3.05, 3.63) is 29.8 Å². The first kappa shape index (κ1) is 17.7. The van der Waals surface area contributed by atoms with Crippen LogP contribution in [0, 0.1) is 17.0 Å². The third kappa shape index (κ3) is 4.28. The number of likely N-dealkylation sites (tertiary alicyclic amines) is 1. The molecular weight excluding hydrogens is 302 g/mol. The molecule has 1 aliphatic heterocycles. The fraction of sp³-hybridized carbons (Fsp3) is 0.500. The van der Waals surface area contributed by atoms with Crippen molar-refractivity contribution in [3.63, 3.8) is 0 Å². The molecule has 0 saturated carbocycles. The molecule has 1 aliphatic rings. The van der Waals surface area contributed by atoms with Crippen molar-refractivity contribution in [1.82, 2.24) is 4.90 Å². The quantitative estimate of drug-likeness (QED) is 0.922. The van der Waals surface area contributed by atoms with Crippen LogP contribution in [-0.4, -0.2) is 37.0 Å². The summed E-state index contributed by atoms with van der Waals surface area (Å²) in [4.78, 5) is 13.6. The van der Waals surface area contributed by atoms with Crippen molar-refractivity contribution in [1.29, 1.82) is 0 Å². The Hall–Kier alpha value is -1.40. The highest BCUT2D eigenvalue weighted by Gasteiger charge is 2.34. The fourth-order valence-corrected chi connectivity index (χ4v) is 2.23. The Morgan fingerprint density at radius 3 is 2.76 bits per heavy atom. The molecule has 7 heteroatoms. The van der Waals surface area contributed by atoms with E-state index in [0.29, 0.717) is 19.6 Å². The van der Waals surface area contributed by atoms with Gasteiger partial charge in [-0.3, -0.25) is 4.79 Å². The van der Waals surface area contributed by atoms with Crippen LogP contribution < -0.4 is 10.5 Å². The summed E-state index contributed by atoms with van der Waals surface area (Å²) in [6.45, 7) is 3.49. The van der Waals surface area contributed by atoms with E-state index >= 15 is 0 Å². The van der Waals surface area contributed by atoms with Crippen molar-refractivity contribution in [2.45, 2.75) is 13.3 Å². The lowest BCUT2D eigenvalue weighted by atomic mass is 9.90. The molecule has 1 heterocycles. The number of hydrogen-bond acceptors (Lipinski definition) is 3. The average molecular weight is 321 g/mol. The molecule has 118 valence electrons. The summed E-state index contributed by atoms with van der Waals surface area (Å²) in [6, 6.07) is 2.98. The van der Waals surface area contributed by atoms with E-state index in [1.54, 1.807) is 4.90 Å². The minimum atomic E-state index is -0.814. The first-order valence-electron chi connectivity index (χ1n) is 6.49. The summed E-state index contributed by atoms with van der Waals surface area (Å²) in [5.74, 6) is -1.84. The second-order valence-electron chi connectivity index (χ2n) is 5.44. The molecule has 1 saturated heterocycles. The van der Waals surface area contributed by atoms with Gasteiger partial charge in [-0.2, -0.15) is 0 Å². The molecule has 1 aromatic rings. The number of halogens is 3. The van der Waals surface area contributed by atoms with Gasteiger partial charge in [0.1, 0.15) is 5.82 Å². The van der Waals surface area contributed by atoms with Crippen LogP contribution in [0.3, 0.4) is 0 Å². The van der Waals surface area contributed by atoms with E-state index in [1.807, 2.05) is 6.92 Å². The van der Waals surface area contributed by atoms with Crippen molar-refractivity contribution in [2.75, 3.05) is 26.2 Å². The topological polar surface area (TPSA) is 55.6 Å². The Kier molecular flexibility index (Phi) is 5.92. The van der Waals surface area contributed by atoms with Crippen LogP contribution >= 0.6 is 12.4 Å². The monoisotopic (exact) mass is 320 g/mol. The Labute approximate surface area is 128 Å². The highest BCUT2D eigenvalue weighted by molar-refractivity contribution is 5.85. The van der Waals surface area contributed by atoms with E-state index < -0.39 is 11.6 Å². The number of nitrogens with two attached hydrogens (primary N) is 1. The molecule has 1 unspecified atom stereocenters. The van der Waals surface area contributed by atoms with E-state index in [2.05, 4.69) is 0 Å². The summed E-state index contributed by atoms with van der Waals surface area (Å²) in [6.07, 6.45) is 0.847. The van der Waals surface area contributed by atoms with E-state index in [-0.39, 0.29) is 36.1 Å². The fourth-order valence-electron chi connectivity index (χ4n) is 2.23. The highest BCUT2D eigenvalue weighted by Crippen LogP contribution is 2.28. The summed E-state index contributed by atoms with van der Waals surface area (Å²) >= 11 is 0. The van der Waals surface area contributed by atoms with Gasteiger partial charge in [0.15, 0.2) is 18.2 Å². The lowest BCUT2D eigenvalue weighted by Crippen LogP contribution is -2.36. The maximum absolute atomic E-state index is 13.3. The van der Waals surface area contributed by atoms with Gasteiger partial charge in [-0.25, -0.2) is 8.78 Å². The second kappa shape index (κ2) is 7.04. The highest BCUT2D eigenvalue weighted by atomic mass is 35.5. The molecule has 0 aromatic heterocycles. The predicted molar refractivity (Wildman–Crippen MR) is 77.5 cm³/mol. The van der Waals surface area contributed by atoms with Crippen LogP contribution in [-0.2, 0) is 4.79 Å². The largest absolute Gasteiger partial charge is 0.481 e. The molecule has 2 rings (SSSR count). The number of benzene rings is 1. The van der Waals surface area contributed by atoms with Crippen molar-refractivity contribution in [3.8, 4) is 5.75 Å². The third-order valence-corrected chi connectivity index (χ3v) is 3.65. The van der Waals surface area contributed by atoms with Gasteiger partial charge in [0.25, 0.3) is 5.91 Å². The molecule has 1 aromatic carbocycles. The number of carbonyl (C=O) groups excluding carboxylic acids is 1. The van der Waals surface area contributed by atoms with E-state index in [9.17, 15) is 13.6 Å². The number of amides is 1. The van der Waals surface area contributed by atoms with Gasteiger partial charge in [-0.15, -0.1) is 12.4 Å². The zero-order chi connectivity index (χ0) is 14.8. The minimum absolute atomic E-state index is 0. The first-order valence-corrected chi connectivity index (χ1v) is 6.49. The molecule has 1 atom stereocenters. The number of hydrogen-bond donors (Lipinski definition) is 1. The molecule has 0 radical (unpaired) electrons. The summed E-state index contributed by atoms with van der Waals surface area (Å²) in [5, 5.41) is 0. The molecule has 0 bridgehead atoms. The summed E-state index contributed by atoms with van der Waals surface area (Å²) < 4.78 is 31.2. The van der Waals surface area contributed by atoms with Crippen LogP contribution in [0.15, 0.2) is 18.2 Å². The number of rotatable bonds is 4. The SMILES string of the molecule is CC1(CN)CCN(C(=O)COc2ccc(F)cc2F)C1.Cl. The maximum Gasteiger partial charge on any atom is 0.260 e. The predicted octanol–water partition coefficient (Wildman–Crippen LogP) is 1.96. The van der Waals surface area contributed by atoms with Crippen molar-refractivity contribution in [2.24, 2.45) is 11.1 Å². The van der Waals surface area contributed by atoms with Gasteiger partial charge >= 0.3 is 0 Å². The van der Waals surface area contributed by atoms with Gasteiger partial charge in [0.05, 0.1) is 0 Å². The molecule has 1 fully saturated rings. The Bertz CT molecular complexity index is 516. The third-order valence-electron chi connectivity index (χ3n) is 3.65. The van der Waals surface area contributed by atoms with Crippen LogP contribution in [0.4, 0.5) is 8.78 Å². The number of nitrogens with zero attached hydrogens (tertiary/aromatic N) is 1. The van der Waals surface area contributed by atoms with Crippen molar-refractivity contribution >= 4 is 18.3 Å². The molecule has 4 nitrogen and oxygen atoms in total. The van der Waals surface area contributed by atoms with Crippen LogP contribution in [0.5, 0.6) is 5.75 Å². The van der Waals surface area contributed by atoms with Gasteiger partial charge in [0.2, 0.25) is 0 Å². The van der Waals surface area contributed by atoms with Gasteiger partial charge in [-0.05, 0) is 30.5 Å². The lowest BCUT2D eigenvalue weighted by molar-refractivity contribution is -0.132. The summed E-state index contributed by atoms with van der Waals surface area (Å²) in [5.41, 5.74) is 5.62. The zero-order valence-corrected chi connectivity index (χ0v) is 12.6. The standard InChI is InChI=1S/C14H18F2N2O2.ClH/c1-14(8-17)4-5-18(9-14)13(19)7-20-12-3-2-10(15)6-11(12)16;/h2-3,6H,4-5,7-9,17H2,1H3;1H. The minimum Gasteiger partial charge on any atom is -0.481 e. The summed E-state index contributed by atoms with van der Waals surface area (Å²) in [7, 11) is 0. The smallest absolute Gasteiger partial charge is 0.260 e. The molecule has 0 aliphatic carbocycles. The van der Waals surface area contributed by atoms with Gasteiger partial charge in [0, 0.05) is 19.2 Å². The Morgan fingerprint density at radius 1 is 1.48 bits per heavy atom. The average Bonchev–Trinajstić information content (AvgIpc) is 2.81. The molecule has 21 heavy (non-hydrogen) atoms. The van der Waals surface area contributed by atoms with Gasteiger partial charge in [-0.1, -0.05) is 6.92 Å². The molecule has 1 amide bonds. The zero-order valence-electron chi connectivity index (χ0n) is 11.8. The Morgan fingerprint density at radius 2 is 2.19 bits per heavy atom. The molecule has 0 spiro atoms.